The molecule has 0 rings (SSSR count). The van der Waals surface area contributed by atoms with Gasteiger partial charge in [0.2, 0.25) is 0 Å². The SMILES string of the molecule is CCCCCC(C)OCC[C@H](C)CN. The summed E-state index contributed by atoms with van der Waals surface area (Å²) in [5.74, 6) is 0.595. The van der Waals surface area contributed by atoms with E-state index in [4.69, 9.17) is 10.5 Å². The van der Waals surface area contributed by atoms with Crippen molar-refractivity contribution in [3.63, 3.8) is 0 Å². The van der Waals surface area contributed by atoms with E-state index in [-0.39, 0.29) is 0 Å². The van der Waals surface area contributed by atoms with Crippen LogP contribution in [0.2, 0.25) is 0 Å². The molecular weight excluding hydrogens is 174 g/mol. The predicted octanol–water partition coefficient (Wildman–Crippen LogP) is 2.96. The quantitative estimate of drug-likeness (QED) is 0.582. The van der Waals surface area contributed by atoms with Crippen LogP contribution < -0.4 is 5.73 Å². The molecule has 14 heavy (non-hydrogen) atoms. The lowest BCUT2D eigenvalue weighted by Crippen LogP contribution is -2.15. The van der Waals surface area contributed by atoms with Gasteiger partial charge in [0.1, 0.15) is 0 Å². The third kappa shape index (κ3) is 8.52. The van der Waals surface area contributed by atoms with Crippen LogP contribution in [0.5, 0.6) is 0 Å². The van der Waals surface area contributed by atoms with Gasteiger partial charge in [0.15, 0.2) is 0 Å². The number of rotatable bonds is 9. The van der Waals surface area contributed by atoms with E-state index in [1.54, 1.807) is 0 Å². The van der Waals surface area contributed by atoms with Gasteiger partial charge >= 0.3 is 0 Å². The predicted molar refractivity (Wildman–Crippen MR) is 62.4 cm³/mol. The van der Waals surface area contributed by atoms with Crippen LogP contribution >= 0.6 is 0 Å². The molecule has 2 N–H and O–H groups in total. The molecule has 0 radical (unpaired) electrons. The van der Waals surface area contributed by atoms with Crippen molar-refractivity contribution < 1.29 is 4.74 Å². The van der Waals surface area contributed by atoms with Crippen molar-refractivity contribution in [3.8, 4) is 0 Å². The average molecular weight is 201 g/mol. The maximum absolute atomic E-state index is 5.71. The van der Waals surface area contributed by atoms with Crippen LogP contribution in [0, 0.1) is 5.92 Å². The van der Waals surface area contributed by atoms with Crippen molar-refractivity contribution in [3.05, 3.63) is 0 Å². The molecule has 2 heteroatoms. The molecule has 0 saturated carbocycles. The number of hydrogen-bond acceptors (Lipinski definition) is 2. The topological polar surface area (TPSA) is 35.2 Å². The molecule has 0 spiro atoms. The summed E-state index contributed by atoms with van der Waals surface area (Å²) in [5, 5.41) is 0. The van der Waals surface area contributed by atoms with Gasteiger partial charge in [0.25, 0.3) is 0 Å². The van der Waals surface area contributed by atoms with E-state index in [2.05, 4.69) is 20.8 Å². The van der Waals surface area contributed by atoms with Crippen LogP contribution in [0.15, 0.2) is 0 Å². The highest BCUT2D eigenvalue weighted by Crippen LogP contribution is 2.08. The van der Waals surface area contributed by atoms with Crippen molar-refractivity contribution in [2.75, 3.05) is 13.2 Å². The summed E-state index contributed by atoms with van der Waals surface area (Å²) >= 11 is 0. The molecule has 0 saturated heterocycles. The minimum atomic E-state index is 0.423. The standard InChI is InChI=1S/C12H27NO/c1-4-5-6-7-12(3)14-9-8-11(2)10-13/h11-12H,4-10,13H2,1-3H3/t11-,12?/m0/s1. The van der Waals surface area contributed by atoms with Crippen LogP contribution in [0.1, 0.15) is 52.9 Å². The Morgan fingerprint density at radius 2 is 1.86 bits per heavy atom. The zero-order chi connectivity index (χ0) is 10.8. The van der Waals surface area contributed by atoms with Crippen molar-refractivity contribution in [1.29, 1.82) is 0 Å². The van der Waals surface area contributed by atoms with Gasteiger partial charge in [-0.2, -0.15) is 0 Å². The van der Waals surface area contributed by atoms with Gasteiger partial charge in [-0.1, -0.05) is 33.1 Å². The van der Waals surface area contributed by atoms with Gasteiger partial charge in [-0.25, -0.2) is 0 Å². The lowest BCUT2D eigenvalue weighted by Gasteiger charge is -2.14. The Balaban J connectivity index is 3.21. The molecule has 0 aromatic carbocycles. The van der Waals surface area contributed by atoms with Crippen LogP contribution in [0.4, 0.5) is 0 Å². The average Bonchev–Trinajstić information content (AvgIpc) is 2.18. The van der Waals surface area contributed by atoms with Crippen molar-refractivity contribution >= 4 is 0 Å². The zero-order valence-electron chi connectivity index (χ0n) is 10.1. The molecular formula is C12H27NO. The van der Waals surface area contributed by atoms with E-state index >= 15 is 0 Å². The molecule has 0 aromatic rings. The number of unbranched alkanes of at least 4 members (excludes halogenated alkanes) is 2. The first kappa shape index (κ1) is 13.9. The van der Waals surface area contributed by atoms with Gasteiger partial charge in [0.05, 0.1) is 6.10 Å². The Hall–Kier alpha value is -0.0800. The fourth-order valence-electron chi connectivity index (χ4n) is 1.35. The molecule has 2 atom stereocenters. The van der Waals surface area contributed by atoms with Crippen molar-refractivity contribution in [2.45, 2.75) is 59.0 Å². The van der Waals surface area contributed by atoms with E-state index in [1.807, 2.05) is 0 Å². The maximum atomic E-state index is 5.71. The summed E-state index contributed by atoms with van der Waals surface area (Å²) < 4.78 is 5.71. The summed E-state index contributed by atoms with van der Waals surface area (Å²) in [5.41, 5.74) is 5.53. The summed E-state index contributed by atoms with van der Waals surface area (Å²) in [4.78, 5) is 0. The third-order valence-corrected chi connectivity index (χ3v) is 2.63. The number of ether oxygens (including phenoxy) is 1. The summed E-state index contributed by atoms with van der Waals surface area (Å²) in [7, 11) is 0. The molecule has 0 amide bonds. The number of nitrogens with two attached hydrogens (primary N) is 1. The summed E-state index contributed by atoms with van der Waals surface area (Å²) in [6.07, 6.45) is 6.62. The van der Waals surface area contributed by atoms with Gasteiger partial charge in [0, 0.05) is 6.61 Å². The molecule has 0 heterocycles. The van der Waals surface area contributed by atoms with E-state index in [9.17, 15) is 0 Å². The van der Waals surface area contributed by atoms with E-state index in [0.29, 0.717) is 12.0 Å². The lowest BCUT2D eigenvalue weighted by molar-refractivity contribution is 0.0511. The van der Waals surface area contributed by atoms with Gasteiger partial charge in [-0.15, -0.1) is 0 Å². The monoisotopic (exact) mass is 201 g/mol. The molecule has 0 fully saturated rings. The first-order valence-corrected chi connectivity index (χ1v) is 6.02. The first-order chi connectivity index (χ1) is 6.70. The Morgan fingerprint density at radius 1 is 1.14 bits per heavy atom. The summed E-state index contributed by atoms with van der Waals surface area (Å²) in [6.45, 7) is 8.21. The second kappa shape index (κ2) is 9.47. The van der Waals surface area contributed by atoms with Gasteiger partial charge < -0.3 is 10.5 Å². The van der Waals surface area contributed by atoms with E-state index < -0.39 is 0 Å². The highest BCUT2D eigenvalue weighted by atomic mass is 16.5. The lowest BCUT2D eigenvalue weighted by atomic mass is 10.1. The Kier molecular flexibility index (Phi) is 9.42. The second-order valence-electron chi connectivity index (χ2n) is 4.31. The number of hydrogen-bond donors (Lipinski definition) is 1. The normalized spacial score (nSPS) is 15.4. The van der Waals surface area contributed by atoms with Crippen LogP contribution in [0.3, 0.4) is 0 Å². The molecule has 0 aromatic heterocycles. The van der Waals surface area contributed by atoms with E-state index in [1.165, 1.54) is 25.7 Å². The Bertz CT molecular complexity index is 117. The minimum Gasteiger partial charge on any atom is -0.378 e. The first-order valence-electron chi connectivity index (χ1n) is 6.02. The largest absolute Gasteiger partial charge is 0.378 e. The van der Waals surface area contributed by atoms with Crippen LogP contribution in [-0.2, 0) is 4.74 Å². The summed E-state index contributed by atoms with van der Waals surface area (Å²) in [6, 6.07) is 0. The fourth-order valence-corrected chi connectivity index (χ4v) is 1.35. The molecule has 0 aliphatic heterocycles. The van der Waals surface area contributed by atoms with E-state index in [0.717, 1.165) is 19.6 Å². The minimum absolute atomic E-state index is 0.423. The highest BCUT2D eigenvalue weighted by molar-refractivity contribution is 4.54. The zero-order valence-corrected chi connectivity index (χ0v) is 10.1. The third-order valence-electron chi connectivity index (χ3n) is 2.63. The van der Waals surface area contributed by atoms with Crippen molar-refractivity contribution in [2.24, 2.45) is 11.7 Å². The highest BCUT2D eigenvalue weighted by Gasteiger charge is 2.03. The smallest absolute Gasteiger partial charge is 0.0547 e. The molecule has 0 bridgehead atoms. The molecule has 0 aliphatic carbocycles. The fraction of sp³-hybridized carbons (Fsp3) is 1.00. The second-order valence-corrected chi connectivity index (χ2v) is 4.31. The molecule has 86 valence electrons. The maximum Gasteiger partial charge on any atom is 0.0547 e. The van der Waals surface area contributed by atoms with Crippen LogP contribution in [0.25, 0.3) is 0 Å². The van der Waals surface area contributed by atoms with Crippen molar-refractivity contribution in [1.82, 2.24) is 0 Å². The Morgan fingerprint density at radius 3 is 2.43 bits per heavy atom. The molecule has 0 aliphatic rings. The Labute approximate surface area is 89.2 Å². The van der Waals surface area contributed by atoms with Gasteiger partial charge in [-0.3, -0.25) is 0 Å². The molecule has 1 unspecified atom stereocenters. The van der Waals surface area contributed by atoms with Crippen LogP contribution in [-0.4, -0.2) is 19.3 Å². The molecule has 2 nitrogen and oxygen atoms in total. The van der Waals surface area contributed by atoms with Gasteiger partial charge in [-0.05, 0) is 32.2 Å².